The molecular weight excluding hydrogens is 290 g/mol. The van der Waals surface area contributed by atoms with Crippen molar-refractivity contribution >= 4 is 11.6 Å². The molecule has 0 unspecified atom stereocenters. The molecule has 0 radical (unpaired) electrons. The number of amides is 1. The lowest BCUT2D eigenvalue weighted by Crippen LogP contribution is -2.12. The Balaban J connectivity index is 1.82. The Hall–Kier alpha value is -3.08. The van der Waals surface area contributed by atoms with Gasteiger partial charge in [0.05, 0.1) is 30.2 Å². The second-order valence-corrected chi connectivity index (χ2v) is 5.17. The molecule has 1 N–H and O–H groups in total. The number of carbonyl (C=O) groups is 1. The van der Waals surface area contributed by atoms with Gasteiger partial charge < -0.3 is 10.1 Å². The van der Waals surface area contributed by atoms with Crippen LogP contribution in [0.1, 0.15) is 15.9 Å². The van der Waals surface area contributed by atoms with Crippen molar-refractivity contribution in [1.82, 2.24) is 9.78 Å². The monoisotopic (exact) mass is 307 g/mol. The van der Waals surface area contributed by atoms with Crippen LogP contribution in [0.15, 0.2) is 60.9 Å². The molecule has 0 atom stereocenters. The van der Waals surface area contributed by atoms with Crippen LogP contribution < -0.4 is 10.1 Å². The van der Waals surface area contributed by atoms with Crippen molar-refractivity contribution < 1.29 is 9.53 Å². The molecule has 5 nitrogen and oxygen atoms in total. The number of hydrogen-bond donors (Lipinski definition) is 1. The highest BCUT2D eigenvalue weighted by Crippen LogP contribution is 2.25. The Morgan fingerprint density at radius 1 is 1.17 bits per heavy atom. The number of rotatable bonds is 4. The maximum absolute atomic E-state index is 12.4. The zero-order chi connectivity index (χ0) is 16.2. The number of ether oxygens (including phenoxy) is 1. The van der Waals surface area contributed by atoms with Crippen molar-refractivity contribution in [3.05, 3.63) is 72.1 Å². The molecule has 2 aromatic carbocycles. The smallest absolute Gasteiger partial charge is 0.258 e. The number of hydrogen-bond acceptors (Lipinski definition) is 3. The summed E-state index contributed by atoms with van der Waals surface area (Å²) in [7, 11) is 1.58. The van der Waals surface area contributed by atoms with Gasteiger partial charge >= 0.3 is 0 Å². The number of anilines is 1. The van der Waals surface area contributed by atoms with E-state index >= 15 is 0 Å². The summed E-state index contributed by atoms with van der Waals surface area (Å²) >= 11 is 0. The van der Waals surface area contributed by atoms with Crippen molar-refractivity contribution in [1.29, 1.82) is 0 Å². The number of para-hydroxylation sites is 1. The van der Waals surface area contributed by atoms with E-state index in [9.17, 15) is 4.79 Å². The fraction of sp³-hybridized carbons (Fsp3) is 0.111. The largest absolute Gasteiger partial charge is 0.495 e. The van der Waals surface area contributed by atoms with Gasteiger partial charge in [-0.1, -0.05) is 24.3 Å². The first-order valence-electron chi connectivity index (χ1n) is 7.23. The van der Waals surface area contributed by atoms with Crippen molar-refractivity contribution in [2.75, 3.05) is 12.4 Å². The summed E-state index contributed by atoms with van der Waals surface area (Å²) in [6.45, 7) is 1.96. The molecule has 0 spiro atoms. The van der Waals surface area contributed by atoms with Crippen LogP contribution in [-0.4, -0.2) is 22.8 Å². The minimum atomic E-state index is -0.226. The van der Waals surface area contributed by atoms with E-state index in [1.807, 2.05) is 55.5 Å². The number of nitrogens with zero attached hydrogens (tertiary/aromatic N) is 2. The minimum Gasteiger partial charge on any atom is -0.495 e. The van der Waals surface area contributed by atoms with Crippen LogP contribution in [0.25, 0.3) is 5.69 Å². The molecule has 0 saturated carbocycles. The molecule has 3 aromatic rings. The first-order valence-corrected chi connectivity index (χ1v) is 7.23. The van der Waals surface area contributed by atoms with Gasteiger partial charge in [-0.3, -0.25) is 4.79 Å². The Morgan fingerprint density at radius 2 is 1.96 bits per heavy atom. The Kier molecular flexibility index (Phi) is 4.10. The highest BCUT2D eigenvalue weighted by molar-refractivity contribution is 6.04. The van der Waals surface area contributed by atoms with Gasteiger partial charge in [0.15, 0.2) is 0 Å². The number of methoxy groups -OCH3 is 1. The summed E-state index contributed by atoms with van der Waals surface area (Å²) < 4.78 is 6.95. The predicted octanol–water partition coefficient (Wildman–Crippen LogP) is 3.44. The molecular formula is C18H17N3O2. The number of carbonyl (C=O) groups excluding carboxylic acids is 1. The van der Waals surface area contributed by atoms with E-state index in [1.165, 1.54) is 0 Å². The molecule has 23 heavy (non-hydrogen) atoms. The van der Waals surface area contributed by atoms with E-state index in [-0.39, 0.29) is 5.91 Å². The molecule has 5 heteroatoms. The topological polar surface area (TPSA) is 56.1 Å². The zero-order valence-corrected chi connectivity index (χ0v) is 13.0. The first-order chi connectivity index (χ1) is 11.2. The van der Waals surface area contributed by atoms with Crippen LogP contribution in [0.4, 0.5) is 5.69 Å². The highest BCUT2D eigenvalue weighted by atomic mass is 16.5. The molecule has 3 rings (SSSR count). The Morgan fingerprint density at radius 3 is 2.70 bits per heavy atom. The van der Waals surface area contributed by atoms with Crippen molar-refractivity contribution in [2.45, 2.75) is 6.92 Å². The van der Waals surface area contributed by atoms with Gasteiger partial charge in [0.1, 0.15) is 5.75 Å². The van der Waals surface area contributed by atoms with Crippen LogP contribution >= 0.6 is 0 Å². The maximum Gasteiger partial charge on any atom is 0.258 e. The molecule has 1 aromatic heterocycles. The molecule has 0 aliphatic rings. The third kappa shape index (κ3) is 3.23. The van der Waals surface area contributed by atoms with E-state index in [2.05, 4.69) is 10.4 Å². The second kappa shape index (κ2) is 6.36. The van der Waals surface area contributed by atoms with Crippen LogP contribution in [0.2, 0.25) is 0 Å². The van der Waals surface area contributed by atoms with E-state index in [0.717, 1.165) is 11.3 Å². The van der Waals surface area contributed by atoms with Crippen molar-refractivity contribution in [3.63, 3.8) is 0 Å². The van der Waals surface area contributed by atoms with Crippen LogP contribution in [0.5, 0.6) is 5.75 Å². The summed E-state index contributed by atoms with van der Waals surface area (Å²) in [5, 5.41) is 7.10. The van der Waals surface area contributed by atoms with Gasteiger partial charge in [-0.2, -0.15) is 5.10 Å². The predicted molar refractivity (Wildman–Crippen MR) is 89.2 cm³/mol. The molecule has 1 heterocycles. The molecule has 0 aliphatic heterocycles. The lowest BCUT2D eigenvalue weighted by Gasteiger charge is -2.10. The minimum absolute atomic E-state index is 0.226. The van der Waals surface area contributed by atoms with Gasteiger partial charge in [-0.25, -0.2) is 4.68 Å². The van der Waals surface area contributed by atoms with E-state index in [0.29, 0.717) is 17.0 Å². The lowest BCUT2D eigenvalue weighted by atomic mass is 10.2. The number of aryl methyl sites for hydroxylation is 1. The van der Waals surface area contributed by atoms with E-state index in [4.69, 9.17) is 4.74 Å². The van der Waals surface area contributed by atoms with Crippen molar-refractivity contribution in [2.24, 2.45) is 0 Å². The lowest BCUT2D eigenvalue weighted by molar-refractivity contribution is 0.102. The zero-order valence-electron chi connectivity index (χ0n) is 13.0. The average molecular weight is 307 g/mol. The first kappa shape index (κ1) is 14.8. The molecule has 0 fully saturated rings. The summed E-state index contributed by atoms with van der Waals surface area (Å²) in [6, 6.07) is 15.3. The normalized spacial score (nSPS) is 10.3. The van der Waals surface area contributed by atoms with Gasteiger partial charge in [0, 0.05) is 6.20 Å². The molecule has 0 aliphatic carbocycles. The van der Waals surface area contributed by atoms with E-state index in [1.54, 1.807) is 24.2 Å². The van der Waals surface area contributed by atoms with Gasteiger partial charge in [-0.15, -0.1) is 0 Å². The fourth-order valence-corrected chi connectivity index (χ4v) is 2.28. The molecule has 0 bridgehead atoms. The Labute approximate surface area is 134 Å². The number of benzene rings is 2. The Bertz CT molecular complexity index is 825. The quantitative estimate of drug-likeness (QED) is 0.803. The highest BCUT2D eigenvalue weighted by Gasteiger charge is 2.12. The SMILES string of the molecule is COc1ccc(C)cc1NC(=O)c1cnn(-c2ccccc2)c1. The number of nitrogens with one attached hydrogen (secondary N) is 1. The summed E-state index contributed by atoms with van der Waals surface area (Å²) in [5.41, 5.74) is 3.07. The third-order valence-corrected chi connectivity index (χ3v) is 3.47. The van der Waals surface area contributed by atoms with Gasteiger partial charge in [-0.05, 0) is 36.8 Å². The molecule has 116 valence electrons. The van der Waals surface area contributed by atoms with E-state index < -0.39 is 0 Å². The molecule has 0 saturated heterocycles. The second-order valence-electron chi connectivity index (χ2n) is 5.17. The van der Waals surface area contributed by atoms with Crippen LogP contribution in [-0.2, 0) is 0 Å². The van der Waals surface area contributed by atoms with Crippen molar-refractivity contribution in [3.8, 4) is 11.4 Å². The summed E-state index contributed by atoms with van der Waals surface area (Å²) in [4.78, 5) is 12.4. The third-order valence-electron chi connectivity index (χ3n) is 3.47. The molecule has 1 amide bonds. The van der Waals surface area contributed by atoms with Crippen LogP contribution in [0, 0.1) is 6.92 Å². The van der Waals surface area contributed by atoms with Crippen LogP contribution in [0.3, 0.4) is 0 Å². The summed E-state index contributed by atoms with van der Waals surface area (Å²) in [6.07, 6.45) is 3.25. The average Bonchev–Trinajstić information content (AvgIpc) is 3.06. The maximum atomic E-state index is 12.4. The van der Waals surface area contributed by atoms with Gasteiger partial charge in [0.25, 0.3) is 5.91 Å². The number of aromatic nitrogens is 2. The standard InChI is InChI=1S/C18H17N3O2/c1-13-8-9-17(23-2)16(10-13)20-18(22)14-11-19-21(12-14)15-6-4-3-5-7-15/h3-12H,1-2H3,(H,20,22). The fourth-order valence-electron chi connectivity index (χ4n) is 2.28. The van der Waals surface area contributed by atoms with Gasteiger partial charge in [0.2, 0.25) is 0 Å². The summed E-state index contributed by atoms with van der Waals surface area (Å²) in [5.74, 6) is 0.399.